The first-order valence-corrected chi connectivity index (χ1v) is 6.47. The first kappa shape index (κ1) is 18.4. The zero-order valence-corrected chi connectivity index (χ0v) is 11.1. The van der Waals surface area contributed by atoms with Gasteiger partial charge < -0.3 is 9.90 Å². The summed E-state index contributed by atoms with van der Waals surface area (Å²) in [5.41, 5.74) is 0. The molecule has 0 unspecified atom stereocenters. The molecule has 0 aliphatic heterocycles. The van der Waals surface area contributed by atoms with Gasteiger partial charge in [0, 0.05) is 5.97 Å². The molecule has 16 heavy (non-hydrogen) atoms. The largest absolute Gasteiger partial charge is 1.00 e. The van der Waals surface area contributed by atoms with Gasteiger partial charge in [-0.1, -0.05) is 64.7 Å². The van der Waals surface area contributed by atoms with Crippen LogP contribution in [0, 0.1) is 0 Å². The summed E-state index contributed by atoms with van der Waals surface area (Å²) < 4.78 is 0. The predicted octanol–water partition coefficient (Wildman–Crippen LogP) is 0.0513. The third kappa shape index (κ3) is 16.5. The van der Waals surface area contributed by atoms with E-state index in [-0.39, 0.29) is 25.3 Å². The van der Waals surface area contributed by atoms with Gasteiger partial charge in [-0.05, 0) is 12.8 Å². The van der Waals surface area contributed by atoms with Crippen molar-refractivity contribution in [3.8, 4) is 0 Å². The minimum absolute atomic E-state index is 0. The summed E-state index contributed by atoms with van der Waals surface area (Å²) in [5.74, 6) is -0.908. The minimum atomic E-state index is -0.908. The Morgan fingerprint density at radius 1 is 0.812 bits per heavy atom. The Hall–Kier alpha value is 0.0674. The number of hydrogen-bond donors (Lipinski definition) is 0. The molecule has 2 nitrogen and oxygen atoms in total. The molecule has 3 heteroatoms. The number of carboxylic acid groups (broad SMARTS) is 1. The molecule has 0 rings (SSSR count). The van der Waals surface area contributed by atoms with Crippen molar-refractivity contribution in [2.45, 2.75) is 77.6 Å². The van der Waals surface area contributed by atoms with Crippen LogP contribution in [0.1, 0.15) is 77.6 Å². The van der Waals surface area contributed by atoms with E-state index in [0.717, 1.165) is 12.8 Å². The van der Waals surface area contributed by atoms with Gasteiger partial charge in [0.2, 0.25) is 0 Å². The van der Waals surface area contributed by atoms with Gasteiger partial charge in [-0.15, -0.1) is 0 Å². The van der Waals surface area contributed by atoms with Crippen molar-refractivity contribution in [2.24, 2.45) is 0 Å². The second-order valence-corrected chi connectivity index (χ2v) is 4.30. The topological polar surface area (TPSA) is 40.1 Å². The summed E-state index contributed by atoms with van der Waals surface area (Å²) >= 11 is 0. The SMILES string of the molecule is CCCCCCCCCCCCC(=O)[O-].[Li+]. The molecule has 0 aromatic carbocycles. The van der Waals surface area contributed by atoms with E-state index in [1.54, 1.807) is 0 Å². The van der Waals surface area contributed by atoms with Gasteiger partial charge in [0.15, 0.2) is 0 Å². The monoisotopic (exact) mass is 220 g/mol. The Morgan fingerprint density at radius 3 is 1.56 bits per heavy atom. The van der Waals surface area contributed by atoms with Gasteiger partial charge in [0.05, 0.1) is 0 Å². The summed E-state index contributed by atoms with van der Waals surface area (Å²) in [6.07, 6.45) is 12.6. The zero-order valence-electron chi connectivity index (χ0n) is 11.1. The first-order chi connectivity index (χ1) is 7.27. The molecular formula is C13H25LiO2. The molecule has 0 atom stereocenters. The molecule has 0 saturated carbocycles. The van der Waals surface area contributed by atoms with Crippen LogP contribution in [0.2, 0.25) is 0 Å². The number of carboxylic acids is 1. The van der Waals surface area contributed by atoms with E-state index in [9.17, 15) is 9.90 Å². The Balaban J connectivity index is 0. The summed E-state index contributed by atoms with van der Waals surface area (Å²) in [6, 6.07) is 0. The molecule has 0 aliphatic carbocycles. The first-order valence-electron chi connectivity index (χ1n) is 6.47. The maximum Gasteiger partial charge on any atom is 1.00 e. The van der Waals surface area contributed by atoms with Crippen LogP contribution in [0.5, 0.6) is 0 Å². The van der Waals surface area contributed by atoms with Crippen LogP contribution in [0.25, 0.3) is 0 Å². The van der Waals surface area contributed by atoms with Crippen molar-refractivity contribution < 1.29 is 28.8 Å². The molecule has 90 valence electrons. The maximum absolute atomic E-state index is 10.1. The molecule has 0 saturated heterocycles. The molecule has 0 radical (unpaired) electrons. The van der Waals surface area contributed by atoms with Crippen LogP contribution >= 0.6 is 0 Å². The molecule has 0 bridgehead atoms. The van der Waals surface area contributed by atoms with Crippen LogP contribution in [-0.2, 0) is 4.79 Å². The third-order valence-electron chi connectivity index (χ3n) is 2.73. The smallest absolute Gasteiger partial charge is 0.550 e. The Bertz CT molecular complexity index is 149. The van der Waals surface area contributed by atoms with Crippen molar-refractivity contribution in [1.29, 1.82) is 0 Å². The molecule has 0 aromatic heterocycles. The van der Waals surface area contributed by atoms with E-state index in [1.807, 2.05) is 0 Å². The minimum Gasteiger partial charge on any atom is -0.550 e. The van der Waals surface area contributed by atoms with Crippen molar-refractivity contribution in [3.63, 3.8) is 0 Å². The standard InChI is InChI=1S/C13H26O2.Li/c1-2-3-4-5-6-7-8-9-10-11-12-13(14)15;/h2-12H2,1H3,(H,14,15);/q;+1/p-1. The fraction of sp³-hybridized carbons (Fsp3) is 0.923. The van der Waals surface area contributed by atoms with E-state index in [4.69, 9.17) is 0 Å². The van der Waals surface area contributed by atoms with Gasteiger partial charge in [-0.2, -0.15) is 0 Å². The Labute approximate surface area is 112 Å². The number of aliphatic carboxylic acids is 1. The third-order valence-corrected chi connectivity index (χ3v) is 2.73. The summed E-state index contributed by atoms with van der Waals surface area (Å²) in [5, 5.41) is 10.1. The fourth-order valence-corrected chi connectivity index (χ4v) is 1.76. The predicted molar refractivity (Wildman–Crippen MR) is 61.5 cm³/mol. The van der Waals surface area contributed by atoms with Crippen molar-refractivity contribution in [2.75, 3.05) is 0 Å². The van der Waals surface area contributed by atoms with Crippen LogP contribution in [0.4, 0.5) is 0 Å². The molecule has 0 heterocycles. The van der Waals surface area contributed by atoms with Gasteiger partial charge in [-0.25, -0.2) is 0 Å². The number of carbonyl (C=O) groups excluding carboxylic acids is 1. The maximum atomic E-state index is 10.1. The number of rotatable bonds is 11. The molecular weight excluding hydrogens is 195 g/mol. The van der Waals surface area contributed by atoms with Crippen LogP contribution in [0.3, 0.4) is 0 Å². The normalized spacial score (nSPS) is 9.81. The zero-order chi connectivity index (χ0) is 11.4. The summed E-state index contributed by atoms with van der Waals surface area (Å²) in [6.45, 7) is 2.23. The van der Waals surface area contributed by atoms with Gasteiger partial charge >= 0.3 is 18.9 Å². The molecule has 0 aromatic rings. The van der Waals surface area contributed by atoms with E-state index >= 15 is 0 Å². The van der Waals surface area contributed by atoms with Crippen LogP contribution in [0.15, 0.2) is 0 Å². The second kappa shape index (κ2) is 15.1. The number of hydrogen-bond acceptors (Lipinski definition) is 2. The average molecular weight is 220 g/mol. The van der Waals surface area contributed by atoms with E-state index in [0.29, 0.717) is 0 Å². The van der Waals surface area contributed by atoms with Crippen molar-refractivity contribution >= 4 is 5.97 Å². The number of carbonyl (C=O) groups is 1. The van der Waals surface area contributed by atoms with Crippen LogP contribution < -0.4 is 24.0 Å². The van der Waals surface area contributed by atoms with Gasteiger partial charge in [-0.3, -0.25) is 0 Å². The average Bonchev–Trinajstić information content (AvgIpc) is 2.20. The van der Waals surface area contributed by atoms with E-state index < -0.39 is 5.97 Å². The van der Waals surface area contributed by atoms with Crippen molar-refractivity contribution in [1.82, 2.24) is 0 Å². The molecule has 0 amide bonds. The van der Waals surface area contributed by atoms with Crippen molar-refractivity contribution in [3.05, 3.63) is 0 Å². The summed E-state index contributed by atoms with van der Waals surface area (Å²) in [7, 11) is 0. The molecule has 0 fully saturated rings. The molecule has 0 aliphatic rings. The van der Waals surface area contributed by atoms with Gasteiger partial charge in [0.25, 0.3) is 0 Å². The Kier molecular flexibility index (Phi) is 17.4. The van der Waals surface area contributed by atoms with Crippen LogP contribution in [-0.4, -0.2) is 5.97 Å². The van der Waals surface area contributed by atoms with Gasteiger partial charge in [0.1, 0.15) is 0 Å². The molecule has 0 N–H and O–H groups in total. The summed E-state index contributed by atoms with van der Waals surface area (Å²) in [4.78, 5) is 10.1. The van der Waals surface area contributed by atoms with E-state index in [2.05, 4.69) is 6.92 Å². The van der Waals surface area contributed by atoms with E-state index in [1.165, 1.54) is 51.4 Å². The number of unbranched alkanes of at least 4 members (excludes halogenated alkanes) is 9. The quantitative estimate of drug-likeness (QED) is 0.365. The molecule has 0 spiro atoms. The fourth-order valence-electron chi connectivity index (χ4n) is 1.76. The Morgan fingerprint density at radius 2 is 1.19 bits per heavy atom. The second-order valence-electron chi connectivity index (χ2n) is 4.30.